The standard InChI is InChI=1S/C19H24ClN3O3/c20-16-12-18(25)23(14-21-16)13-19(26)8-10-22(11-9-19)17(24)7-6-15-4-2-1-3-5-15/h2,4-5,12,14,26H,1,3,6-11,13H2. The maximum absolute atomic E-state index is 12.4. The van der Waals surface area contributed by atoms with Crippen molar-refractivity contribution in [1.82, 2.24) is 14.5 Å². The summed E-state index contributed by atoms with van der Waals surface area (Å²) >= 11 is 5.69. The number of aliphatic hydroxyl groups is 1. The molecule has 1 saturated heterocycles. The van der Waals surface area contributed by atoms with Crippen molar-refractivity contribution in [3.05, 3.63) is 51.7 Å². The molecular weight excluding hydrogens is 354 g/mol. The van der Waals surface area contributed by atoms with E-state index >= 15 is 0 Å². The molecule has 140 valence electrons. The first-order valence-corrected chi connectivity index (χ1v) is 9.41. The van der Waals surface area contributed by atoms with Crippen LogP contribution in [0.5, 0.6) is 0 Å². The molecule has 1 aliphatic carbocycles. The van der Waals surface area contributed by atoms with Crippen LogP contribution in [0, 0.1) is 0 Å². The molecule has 1 amide bonds. The Labute approximate surface area is 157 Å². The maximum Gasteiger partial charge on any atom is 0.254 e. The van der Waals surface area contributed by atoms with Crippen molar-refractivity contribution in [2.45, 2.75) is 50.7 Å². The Morgan fingerprint density at radius 3 is 2.73 bits per heavy atom. The lowest BCUT2D eigenvalue weighted by atomic mass is 9.91. The molecule has 1 N–H and O–H groups in total. The molecule has 1 aromatic rings. The van der Waals surface area contributed by atoms with Crippen LogP contribution in [-0.4, -0.2) is 44.2 Å². The number of allylic oxidation sites excluding steroid dienone is 4. The minimum atomic E-state index is -1.01. The molecule has 7 heteroatoms. The molecule has 0 bridgehead atoms. The van der Waals surface area contributed by atoms with Gasteiger partial charge in [0, 0.05) is 25.6 Å². The normalized spacial score (nSPS) is 19.3. The fourth-order valence-electron chi connectivity index (χ4n) is 3.43. The summed E-state index contributed by atoms with van der Waals surface area (Å²) in [4.78, 5) is 30.0. The van der Waals surface area contributed by atoms with E-state index in [1.54, 1.807) is 0 Å². The first kappa shape index (κ1) is 18.9. The summed E-state index contributed by atoms with van der Waals surface area (Å²) in [6, 6.07) is 1.23. The molecule has 0 saturated carbocycles. The summed E-state index contributed by atoms with van der Waals surface area (Å²) in [5, 5.41) is 10.9. The summed E-state index contributed by atoms with van der Waals surface area (Å²) in [6.07, 6.45) is 12.1. The van der Waals surface area contributed by atoms with Gasteiger partial charge in [-0.3, -0.25) is 14.2 Å². The molecular formula is C19H24ClN3O3. The van der Waals surface area contributed by atoms with Gasteiger partial charge in [0.2, 0.25) is 5.91 Å². The number of halogens is 1. The van der Waals surface area contributed by atoms with Crippen LogP contribution >= 0.6 is 11.6 Å². The van der Waals surface area contributed by atoms with Crippen molar-refractivity contribution < 1.29 is 9.90 Å². The maximum atomic E-state index is 12.4. The number of nitrogens with zero attached hydrogens (tertiary/aromatic N) is 3. The van der Waals surface area contributed by atoms with Crippen LogP contribution in [0.25, 0.3) is 0 Å². The lowest BCUT2D eigenvalue weighted by Gasteiger charge is -2.38. The molecule has 0 atom stereocenters. The largest absolute Gasteiger partial charge is 0.388 e. The second-order valence-corrected chi connectivity index (χ2v) is 7.43. The topological polar surface area (TPSA) is 75.4 Å². The van der Waals surface area contributed by atoms with Crippen LogP contribution in [0.15, 0.2) is 41.0 Å². The van der Waals surface area contributed by atoms with Crippen molar-refractivity contribution >= 4 is 17.5 Å². The quantitative estimate of drug-likeness (QED) is 0.799. The first-order chi connectivity index (χ1) is 12.5. The zero-order valence-corrected chi connectivity index (χ0v) is 15.5. The van der Waals surface area contributed by atoms with Crippen molar-refractivity contribution in [1.29, 1.82) is 0 Å². The highest BCUT2D eigenvalue weighted by atomic mass is 35.5. The van der Waals surface area contributed by atoms with Gasteiger partial charge in [-0.25, -0.2) is 4.98 Å². The average molecular weight is 378 g/mol. The van der Waals surface area contributed by atoms with Crippen LogP contribution in [0.2, 0.25) is 5.15 Å². The van der Waals surface area contributed by atoms with Gasteiger partial charge in [0.15, 0.2) is 0 Å². The van der Waals surface area contributed by atoms with Crippen molar-refractivity contribution in [3.8, 4) is 0 Å². The van der Waals surface area contributed by atoms with E-state index in [4.69, 9.17) is 11.6 Å². The predicted molar refractivity (Wildman–Crippen MR) is 100.0 cm³/mol. The fourth-order valence-corrected chi connectivity index (χ4v) is 3.57. The third kappa shape index (κ3) is 4.83. The number of carbonyl (C=O) groups excluding carboxylic acids is 1. The molecule has 0 aromatic carbocycles. The number of likely N-dealkylation sites (tertiary alicyclic amines) is 1. The van der Waals surface area contributed by atoms with E-state index in [2.05, 4.69) is 23.2 Å². The Morgan fingerprint density at radius 1 is 1.31 bits per heavy atom. The number of carbonyl (C=O) groups is 1. The number of aromatic nitrogens is 2. The van der Waals surface area contributed by atoms with Gasteiger partial charge >= 0.3 is 0 Å². The fraction of sp³-hybridized carbons (Fsp3) is 0.526. The van der Waals surface area contributed by atoms with Gasteiger partial charge in [-0.05, 0) is 32.1 Å². The van der Waals surface area contributed by atoms with Crippen molar-refractivity contribution in [2.24, 2.45) is 0 Å². The number of rotatable bonds is 5. The number of hydrogen-bond donors (Lipinski definition) is 1. The van der Waals surface area contributed by atoms with E-state index in [0.29, 0.717) is 32.4 Å². The van der Waals surface area contributed by atoms with Gasteiger partial charge in [0.1, 0.15) is 5.15 Å². The Balaban J connectivity index is 1.51. The molecule has 3 rings (SSSR count). The van der Waals surface area contributed by atoms with Gasteiger partial charge < -0.3 is 10.0 Å². The number of amides is 1. The summed E-state index contributed by atoms with van der Waals surface area (Å²) in [6.45, 7) is 1.16. The summed E-state index contributed by atoms with van der Waals surface area (Å²) < 4.78 is 1.37. The lowest BCUT2D eigenvalue weighted by Crippen LogP contribution is -2.49. The predicted octanol–water partition coefficient (Wildman–Crippen LogP) is 2.31. The highest BCUT2D eigenvalue weighted by Gasteiger charge is 2.34. The minimum absolute atomic E-state index is 0.122. The molecule has 0 unspecified atom stereocenters. The van der Waals surface area contributed by atoms with Crippen LogP contribution in [-0.2, 0) is 11.3 Å². The molecule has 2 aliphatic rings. The molecule has 26 heavy (non-hydrogen) atoms. The Kier molecular flexibility index (Phi) is 5.94. The van der Waals surface area contributed by atoms with Crippen molar-refractivity contribution in [2.75, 3.05) is 13.1 Å². The molecule has 2 heterocycles. The van der Waals surface area contributed by atoms with E-state index < -0.39 is 5.60 Å². The number of hydrogen-bond acceptors (Lipinski definition) is 4. The molecule has 0 spiro atoms. The summed E-state index contributed by atoms with van der Waals surface area (Å²) in [7, 11) is 0. The van der Waals surface area contributed by atoms with Gasteiger partial charge in [0.05, 0.1) is 18.5 Å². The Hall–Kier alpha value is -1.92. The summed E-state index contributed by atoms with van der Waals surface area (Å²) in [5.41, 5.74) is -0.0661. The molecule has 0 radical (unpaired) electrons. The van der Waals surface area contributed by atoms with Gasteiger partial charge in [-0.15, -0.1) is 0 Å². The van der Waals surface area contributed by atoms with E-state index in [9.17, 15) is 14.7 Å². The van der Waals surface area contributed by atoms with E-state index in [1.807, 2.05) is 4.90 Å². The molecule has 1 fully saturated rings. The Morgan fingerprint density at radius 2 is 2.08 bits per heavy atom. The lowest BCUT2D eigenvalue weighted by molar-refractivity contribution is -0.135. The van der Waals surface area contributed by atoms with Crippen LogP contribution in [0.3, 0.4) is 0 Å². The first-order valence-electron chi connectivity index (χ1n) is 9.03. The smallest absolute Gasteiger partial charge is 0.254 e. The minimum Gasteiger partial charge on any atom is -0.388 e. The van der Waals surface area contributed by atoms with Gasteiger partial charge in [-0.2, -0.15) is 0 Å². The summed E-state index contributed by atoms with van der Waals surface area (Å²) in [5.74, 6) is 0.122. The highest BCUT2D eigenvalue weighted by molar-refractivity contribution is 6.29. The Bertz CT molecular complexity index is 776. The third-order valence-corrected chi connectivity index (χ3v) is 5.26. The van der Waals surface area contributed by atoms with Gasteiger partial charge in [0.25, 0.3) is 5.56 Å². The molecule has 6 nitrogen and oxygen atoms in total. The van der Waals surface area contributed by atoms with Crippen LogP contribution < -0.4 is 5.56 Å². The van der Waals surface area contributed by atoms with Crippen molar-refractivity contribution in [3.63, 3.8) is 0 Å². The monoisotopic (exact) mass is 377 g/mol. The highest BCUT2D eigenvalue weighted by Crippen LogP contribution is 2.25. The van der Waals surface area contributed by atoms with Crippen LogP contribution in [0.4, 0.5) is 0 Å². The average Bonchev–Trinajstić information content (AvgIpc) is 2.63. The third-order valence-electron chi connectivity index (χ3n) is 5.06. The van der Waals surface area contributed by atoms with E-state index in [0.717, 1.165) is 19.3 Å². The van der Waals surface area contributed by atoms with E-state index in [1.165, 1.54) is 22.5 Å². The SMILES string of the molecule is O=C(CCC1=CCCC=C1)N1CCC(O)(Cn2cnc(Cl)cc2=O)CC1. The van der Waals surface area contributed by atoms with Crippen LogP contribution in [0.1, 0.15) is 38.5 Å². The molecule has 1 aromatic heterocycles. The second-order valence-electron chi connectivity index (χ2n) is 7.04. The second kappa shape index (κ2) is 8.18. The zero-order valence-electron chi connectivity index (χ0n) is 14.7. The zero-order chi connectivity index (χ0) is 18.6. The number of piperidine rings is 1. The molecule has 1 aliphatic heterocycles. The van der Waals surface area contributed by atoms with E-state index in [-0.39, 0.29) is 23.2 Å². The van der Waals surface area contributed by atoms with Gasteiger partial charge in [-0.1, -0.05) is 35.4 Å².